The number of nitrogens with zero attached hydrogens (tertiary/aromatic N) is 2. The lowest BCUT2D eigenvalue weighted by Gasteiger charge is -2.17. The maximum Gasteiger partial charge on any atom is 0.0485 e. The second-order valence-corrected chi connectivity index (χ2v) is 4.11. The van der Waals surface area contributed by atoms with Gasteiger partial charge >= 0.3 is 0 Å². The van der Waals surface area contributed by atoms with E-state index in [1.54, 1.807) is 7.05 Å². The Hall–Kier alpha value is -1.06. The molecule has 1 aromatic rings. The molecule has 0 aromatic heterocycles. The number of hydroxylamine groups is 2. The molecule has 0 bridgehead atoms. The number of rotatable bonds is 3. The molecule has 3 heteroatoms. The Labute approximate surface area is 90.9 Å². The van der Waals surface area contributed by atoms with Crippen LogP contribution < -0.4 is 4.90 Å². The summed E-state index contributed by atoms with van der Waals surface area (Å²) in [5, 5.41) is 10.4. The molecule has 3 nitrogen and oxygen atoms in total. The van der Waals surface area contributed by atoms with Crippen LogP contribution in [0, 0.1) is 0 Å². The van der Waals surface area contributed by atoms with Gasteiger partial charge in [0.25, 0.3) is 0 Å². The highest BCUT2D eigenvalue weighted by Gasteiger charge is 2.17. The van der Waals surface area contributed by atoms with Gasteiger partial charge in [-0.3, -0.25) is 0 Å². The zero-order valence-corrected chi connectivity index (χ0v) is 9.40. The van der Waals surface area contributed by atoms with Crippen molar-refractivity contribution >= 4 is 5.69 Å². The van der Waals surface area contributed by atoms with Gasteiger partial charge in [-0.15, -0.1) is 0 Å². The van der Waals surface area contributed by atoms with Crippen LogP contribution in [0.5, 0.6) is 0 Å². The molecule has 0 aliphatic carbocycles. The van der Waals surface area contributed by atoms with Crippen LogP contribution in [0.4, 0.5) is 5.69 Å². The lowest BCUT2D eigenvalue weighted by Crippen LogP contribution is -2.19. The zero-order valence-electron chi connectivity index (χ0n) is 9.40. The van der Waals surface area contributed by atoms with Crippen molar-refractivity contribution < 1.29 is 5.21 Å². The van der Waals surface area contributed by atoms with Crippen molar-refractivity contribution in [2.24, 2.45) is 0 Å². The number of anilines is 1. The molecule has 0 amide bonds. The van der Waals surface area contributed by atoms with E-state index >= 15 is 0 Å². The van der Waals surface area contributed by atoms with E-state index in [0.717, 1.165) is 19.5 Å². The van der Waals surface area contributed by atoms with Crippen LogP contribution >= 0.6 is 0 Å². The fraction of sp³-hybridized carbons (Fsp3) is 0.500. The lowest BCUT2D eigenvalue weighted by molar-refractivity contribution is -0.0731. The Morgan fingerprint density at radius 3 is 2.93 bits per heavy atom. The Balaban J connectivity index is 2.21. The molecular weight excluding hydrogens is 188 g/mol. The van der Waals surface area contributed by atoms with Crippen molar-refractivity contribution in [3.05, 3.63) is 29.3 Å². The molecule has 1 aliphatic heterocycles. The van der Waals surface area contributed by atoms with Crippen molar-refractivity contribution in [1.29, 1.82) is 0 Å². The van der Waals surface area contributed by atoms with Crippen LogP contribution in [-0.4, -0.2) is 30.4 Å². The van der Waals surface area contributed by atoms with Crippen LogP contribution in [0.3, 0.4) is 0 Å². The van der Waals surface area contributed by atoms with E-state index in [9.17, 15) is 5.21 Å². The topological polar surface area (TPSA) is 26.7 Å². The van der Waals surface area contributed by atoms with Crippen LogP contribution in [0.1, 0.15) is 18.1 Å². The Morgan fingerprint density at radius 2 is 2.27 bits per heavy atom. The molecule has 1 aliphatic rings. The van der Waals surface area contributed by atoms with E-state index < -0.39 is 0 Å². The monoisotopic (exact) mass is 206 g/mol. The van der Waals surface area contributed by atoms with Crippen molar-refractivity contribution in [2.75, 3.05) is 25.0 Å². The number of hydrogen-bond acceptors (Lipinski definition) is 3. The average Bonchev–Trinajstić information content (AvgIpc) is 2.58. The Morgan fingerprint density at radius 1 is 1.47 bits per heavy atom. The molecule has 2 rings (SSSR count). The molecule has 0 saturated heterocycles. The highest BCUT2D eigenvalue weighted by Crippen LogP contribution is 2.28. The van der Waals surface area contributed by atoms with Crippen molar-refractivity contribution in [3.63, 3.8) is 0 Å². The highest BCUT2D eigenvalue weighted by atomic mass is 16.5. The summed E-state index contributed by atoms with van der Waals surface area (Å²) in [5.74, 6) is 0. The SMILES string of the molecule is CCN1CCc2cc(CN(C)O)ccc21. The van der Waals surface area contributed by atoms with Gasteiger partial charge < -0.3 is 10.1 Å². The van der Waals surface area contributed by atoms with Crippen molar-refractivity contribution in [1.82, 2.24) is 5.06 Å². The first-order valence-electron chi connectivity index (χ1n) is 5.47. The van der Waals surface area contributed by atoms with E-state index in [4.69, 9.17) is 0 Å². The summed E-state index contributed by atoms with van der Waals surface area (Å²) in [6.07, 6.45) is 1.13. The Bertz CT molecular complexity index is 349. The predicted molar refractivity (Wildman–Crippen MR) is 61.3 cm³/mol. The average molecular weight is 206 g/mol. The number of likely N-dealkylation sites (N-methyl/N-ethyl adjacent to an activating group) is 1. The molecule has 0 unspecified atom stereocenters. The first-order valence-corrected chi connectivity index (χ1v) is 5.47. The summed E-state index contributed by atoms with van der Waals surface area (Å²) in [7, 11) is 1.67. The van der Waals surface area contributed by atoms with E-state index in [0.29, 0.717) is 6.54 Å². The van der Waals surface area contributed by atoms with Gasteiger partial charge in [0.05, 0.1) is 0 Å². The van der Waals surface area contributed by atoms with Crippen molar-refractivity contribution in [3.8, 4) is 0 Å². The van der Waals surface area contributed by atoms with Gasteiger partial charge in [0.15, 0.2) is 0 Å². The molecule has 0 radical (unpaired) electrons. The van der Waals surface area contributed by atoms with Crippen molar-refractivity contribution in [2.45, 2.75) is 19.9 Å². The van der Waals surface area contributed by atoms with Gasteiger partial charge in [-0.2, -0.15) is 5.06 Å². The van der Waals surface area contributed by atoms with Gasteiger partial charge in [-0.1, -0.05) is 12.1 Å². The summed E-state index contributed by atoms with van der Waals surface area (Å²) in [6.45, 7) is 4.99. The predicted octanol–water partition coefficient (Wildman–Crippen LogP) is 1.89. The molecule has 1 heterocycles. The largest absolute Gasteiger partial charge is 0.371 e. The first-order chi connectivity index (χ1) is 7.20. The fourth-order valence-corrected chi connectivity index (χ4v) is 2.21. The number of benzene rings is 1. The molecule has 0 spiro atoms. The smallest absolute Gasteiger partial charge is 0.0485 e. The third-order valence-corrected chi connectivity index (χ3v) is 2.93. The first kappa shape index (κ1) is 10.5. The second-order valence-electron chi connectivity index (χ2n) is 4.11. The van der Waals surface area contributed by atoms with E-state index in [1.165, 1.54) is 21.9 Å². The van der Waals surface area contributed by atoms with Gasteiger partial charge in [0, 0.05) is 32.4 Å². The minimum Gasteiger partial charge on any atom is -0.371 e. The zero-order chi connectivity index (χ0) is 10.8. The molecule has 15 heavy (non-hydrogen) atoms. The van der Waals surface area contributed by atoms with Gasteiger partial charge in [0.2, 0.25) is 0 Å². The normalized spacial score (nSPS) is 14.8. The molecule has 0 atom stereocenters. The summed E-state index contributed by atoms with van der Waals surface area (Å²) < 4.78 is 0. The molecule has 1 aromatic carbocycles. The highest BCUT2D eigenvalue weighted by molar-refractivity contribution is 5.58. The maximum absolute atomic E-state index is 9.18. The van der Waals surface area contributed by atoms with Gasteiger partial charge in [0.1, 0.15) is 0 Å². The fourth-order valence-electron chi connectivity index (χ4n) is 2.21. The third kappa shape index (κ3) is 2.13. The minimum atomic E-state index is 0.597. The minimum absolute atomic E-state index is 0.597. The van der Waals surface area contributed by atoms with E-state index in [-0.39, 0.29) is 0 Å². The molecule has 0 fully saturated rings. The standard InChI is InChI=1S/C12H18N2O/c1-3-14-7-6-11-8-10(9-13(2)15)4-5-12(11)14/h4-5,8,15H,3,6-7,9H2,1-2H3. The number of hydrogen-bond donors (Lipinski definition) is 1. The van der Waals surface area contributed by atoms with Gasteiger partial charge in [-0.25, -0.2) is 0 Å². The van der Waals surface area contributed by atoms with Crippen LogP contribution in [0.15, 0.2) is 18.2 Å². The molecule has 1 N–H and O–H groups in total. The number of fused-ring (bicyclic) bond motifs is 1. The molecule has 0 saturated carbocycles. The van der Waals surface area contributed by atoms with E-state index in [2.05, 4.69) is 30.0 Å². The van der Waals surface area contributed by atoms with Gasteiger partial charge in [-0.05, 0) is 30.5 Å². The van der Waals surface area contributed by atoms with E-state index in [1.807, 2.05) is 0 Å². The summed E-state index contributed by atoms with van der Waals surface area (Å²) >= 11 is 0. The Kier molecular flexibility index (Phi) is 2.93. The lowest BCUT2D eigenvalue weighted by atomic mass is 10.1. The molecule has 82 valence electrons. The maximum atomic E-state index is 9.18. The second kappa shape index (κ2) is 4.21. The third-order valence-electron chi connectivity index (χ3n) is 2.93. The van der Waals surface area contributed by atoms with Crippen LogP contribution in [0.25, 0.3) is 0 Å². The summed E-state index contributed by atoms with van der Waals surface area (Å²) in [6, 6.07) is 6.47. The molecular formula is C12H18N2O. The summed E-state index contributed by atoms with van der Waals surface area (Å²) in [5.41, 5.74) is 3.95. The summed E-state index contributed by atoms with van der Waals surface area (Å²) in [4.78, 5) is 2.39. The van der Waals surface area contributed by atoms with Crippen LogP contribution in [0.2, 0.25) is 0 Å². The van der Waals surface area contributed by atoms with Crippen LogP contribution in [-0.2, 0) is 13.0 Å². The quantitative estimate of drug-likeness (QED) is 0.765.